The van der Waals surface area contributed by atoms with Crippen molar-refractivity contribution in [3.63, 3.8) is 0 Å². The lowest BCUT2D eigenvalue weighted by molar-refractivity contribution is 0.126. The Labute approximate surface area is 121 Å². The second-order valence-electron chi connectivity index (χ2n) is 4.49. The summed E-state index contributed by atoms with van der Waals surface area (Å²) in [4.78, 5) is 11.7. The standard InChI is InChI=1S/C13H19BrN2O3/c1-8(2)12(17)7-15-13(18)16-11-5-4-9(19-3)6-10(11)14/h4-6,8,12,17H,7H2,1-3H3,(H2,15,16,18)/t12-/m0/s1. The van der Waals surface area contributed by atoms with Crippen LogP contribution in [0.25, 0.3) is 0 Å². The van der Waals surface area contributed by atoms with Crippen LogP contribution < -0.4 is 15.4 Å². The Morgan fingerprint density at radius 3 is 2.68 bits per heavy atom. The number of benzene rings is 1. The molecule has 0 saturated carbocycles. The Morgan fingerprint density at radius 2 is 2.16 bits per heavy atom. The molecule has 2 amide bonds. The van der Waals surface area contributed by atoms with Crippen LogP contribution in [0.5, 0.6) is 5.75 Å². The fourth-order valence-electron chi connectivity index (χ4n) is 1.32. The highest BCUT2D eigenvalue weighted by molar-refractivity contribution is 9.10. The molecule has 0 bridgehead atoms. The molecular formula is C13H19BrN2O3. The third kappa shape index (κ3) is 5.08. The zero-order valence-electron chi connectivity index (χ0n) is 11.2. The number of hydrogen-bond acceptors (Lipinski definition) is 3. The number of carbonyl (C=O) groups excluding carboxylic acids is 1. The Hall–Kier alpha value is -1.27. The number of aliphatic hydroxyl groups is 1. The van der Waals surface area contributed by atoms with E-state index in [-0.39, 0.29) is 18.5 Å². The Kier molecular flexibility index (Phi) is 6.11. The molecule has 0 heterocycles. The number of urea groups is 1. The molecule has 6 heteroatoms. The van der Waals surface area contributed by atoms with Crippen molar-refractivity contribution in [2.45, 2.75) is 20.0 Å². The lowest BCUT2D eigenvalue weighted by Gasteiger charge is -2.16. The van der Waals surface area contributed by atoms with Crippen molar-refractivity contribution < 1.29 is 14.6 Å². The molecule has 106 valence electrons. The van der Waals surface area contributed by atoms with Crippen LogP contribution >= 0.6 is 15.9 Å². The average molecular weight is 331 g/mol. The van der Waals surface area contributed by atoms with Gasteiger partial charge in [-0.3, -0.25) is 0 Å². The maximum Gasteiger partial charge on any atom is 0.319 e. The number of ether oxygens (including phenoxy) is 1. The Bertz CT molecular complexity index is 438. The smallest absolute Gasteiger partial charge is 0.319 e. The van der Waals surface area contributed by atoms with Crippen molar-refractivity contribution in [3.8, 4) is 5.75 Å². The highest BCUT2D eigenvalue weighted by atomic mass is 79.9. The number of amides is 2. The number of halogens is 1. The van der Waals surface area contributed by atoms with E-state index in [0.29, 0.717) is 11.4 Å². The molecule has 0 fully saturated rings. The first kappa shape index (κ1) is 15.8. The van der Waals surface area contributed by atoms with Gasteiger partial charge < -0.3 is 20.5 Å². The molecule has 0 aliphatic rings. The van der Waals surface area contributed by atoms with Crippen LogP contribution in [0.1, 0.15) is 13.8 Å². The minimum atomic E-state index is -0.551. The molecule has 1 atom stereocenters. The first-order valence-electron chi connectivity index (χ1n) is 6.00. The first-order chi connectivity index (χ1) is 8.93. The van der Waals surface area contributed by atoms with Gasteiger partial charge in [0, 0.05) is 11.0 Å². The van der Waals surface area contributed by atoms with Crippen LogP contribution in [0.15, 0.2) is 22.7 Å². The number of anilines is 1. The molecular weight excluding hydrogens is 312 g/mol. The first-order valence-corrected chi connectivity index (χ1v) is 6.79. The third-order valence-corrected chi connectivity index (χ3v) is 3.32. The van der Waals surface area contributed by atoms with Crippen molar-refractivity contribution in [1.29, 1.82) is 0 Å². The molecule has 0 aromatic heterocycles. The molecule has 1 rings (SSSR count). The van der Waals surface area contributed by atoms with E-state index >= 15 is 0 Å². The number of rotatable bonds is 5. The van der Waals surface area contributed by atoms with E-state index in [9.17, 15) is 9.90 Å². The summed E-state index contributed by atoms with van der Waals surface area (Å²) >= 11 is 3.35. The largest absolute Gasteiger partial charge is 0.497 e. The molecule has 1 aromatic carbocycles. The van der Waals surface area contributed by atoms with Crippen molar-refractivity contribution in [2.75, 3.05) is 19.0 Å². The van der Waals surface area contributed by atoms with Crippen molar-refractivity contribution >= 4 is 27.6 Å². The molecule has 0 spiro atoms. The van der Waals surface area contributed by atoms with Gasteiger partial charge in [-0.25, -0.2) is 4.79 Å². The van der Waals surface area contributed by atoms with Crippen LogP contribution in [-0.2, 0) is 0 Å². The van der Waals surface area contributed by atoms with Crippen molar-refractivity contribution in [1.82, 2.24) is 5.32 Å². The molecule has 1 aromatic rings. The van der Waals surface area contributed by atoms with E-state index in [1.165, 1.54) is 0 Å². The van der Waals surface area contributed by atoms with E-state index in [2.05, 4.69) is 26.6 Å². The summed E-state index contributed by atoms with van der Waals surface area (Å²) in [5.41, 5.74) is 0.636. The van der Waals surface area contributed by atoms with Gasteiger partial charge >= 0.3 is 6.03 Å². The van der Waals surface area contributed by atoms with E-state index < -0.39 is 6.10 Å². The van der Waals surface area contributed by atoms with Gasteiger partial charge in [0.1, 0.15) is 5.75 Å². The van der Waals surface area contributed by atoms with Gasteiger partial charge in [0.25, 0.3) is 0 Å². The Balaban J connectivity index is 2.53. The summed E-state index contributed by atoms with van der Waals surface area (Å²) in [6.07, 6.45) is -0.551. The fourth-order valence-corrected chi connectivity index (χ4v) is 1.78. The molecule has 19 heavy (non-hydrogen) atoms. The van der Waals surface area contributed by atoms with Gasteiger partial charge in [0.05, 0.1) is 18.9 Å². The van der Waals surface area contributed by atoms with Crippen LogP contribution in [0.2, 0.25) is 0 Å². The van der Waals surface area contributed by atoms with Crippen LogP contribution in [-0.4, -0.2) is 30.9 Å². The monoisotopic (exact) mass is 330 g/mol. The minimum Gasteiger partial charge on any atom is -0.497 e. The maximum atomic E-state index is 11.7. The molecule has 0 radical (unpaired) electrons. The van der Waals surface area contributed by atoms with Crippen LogP contribution in [0, 0.1) is 5.92 Å². The normalized spacial score (nSPS) is 12.1. The summed E-state index contributed by atoms with van der Waals surface area (Å²) in [5.74, 6) is 0.807. The average Bonchev–Trinajstić information content (AvgIpc) is 2.38. The predicted octanol–water partition coefficient (Wildman–Crippen LogP) is 2.60. The summed E-state index contributed by atoms with van der Waals surface area (Å²) in [6.45, 7) is 4.01. The molecule has 3 N–H and O–H groups in total. The topological polar surface area (TPSA) is 70.6 Å². The molecule has 0 aliphatic heterocycles. The highest BCUT2D eigenvalue weighted by Crippen LogP contribution is 2.26. The minimum absolute atomic E-state index is 0.105. The van der Waals surface area contributed by atoms with Crippen molar-refractivity contribution in [2.24, 2.45) is 5.92 Å². The zero-order valence-corrected chi connectivity index (χ0v) is 12.8. The predicted molar refractivity (Wildman–Crippen MR) is 78.6 cm³/mol. The lowest BCUT2D eigenvalue weighted by atomic mass is 10.1. The van der Waals surface area contributed by atoms with Crippen LogP contribution in [0.3, 0.4) is 0 Å². The lowest BCUT2D eigenvalue weighted by Crippen LogP contribution is -2.37. The second kappa shape index (κ2) is 7.35. The molecule has 0 saturated heterocycles. The van der Waals surface area contributed by atoms with E-state index in [4.69, 9.17) is 4.74 Å². The van der Waals surface area contributed by atoms with Gasteiger partial charge in [-0.2, -0.15) is 0 Å². The van der Waals surface area contributed by atoms with Crippen molar-refractivity contribution in [3.05, 3.63) is 22.7 Å². The maximum absolute atomic E-state index is 11.7. The summed E-state index contributed by atoms with van der Waals surface area (Å²) in [5, 5.41) is 14.9. The van der Waals surface area contributed by atoms with E-state index in [1.807, 2.05) is 13.8 Å². The van der Waals surface area contributed by atoms with Gasteiger partial charge in [-0.1, -0.05) is 13.8 Å². The van der Waals surface area contributed by atoms with Crippen LogP contribution in [0.4, 0.5) is 10.5 Å². The molecule has 0 aliphatic carbocycles. The Morgan fingerprint density at radius 1 is 1.47 bits per heavy atom. The number of methoxy groups -OCH3 is 1. The van der Waals surface area contributed by atoms with Gasteiger partial charge in [-0.05, 0) is 40.0 Å². The van der Waals surface area contributed by atoms with Gasteiger partial charge in [0.15, 0.2) is 0 Å². The number of nitrogens with one attached hydrogen (secondary N) is 2. The molecule has 0 unspecified atom stereocenters. The van der Waals surface area contributed by atoms with Gasteiger partial charge in [0.2, 0.25) is 0 Å². The number of carbonyl (C=O) groups is 1. The second-order valence-corrected chi connectivity index (χ2v) is 5.35. The van der Waals surface area contributed by atoms with E-state index in [0.717, 1.165) is 4.47 Å². The third-order valence-electron chi connectivity index (χ3n) is 2.67. The quantitative estimate of drug-likeness (QED) is 0.777. The SMILES string of the molecule is COc1ccc(NC(=O)NC[C@H](O)C(C)C)c(Br)c1. The summed E-state index contributed by atoms with van der Waals surface area (Å²) in [7, 11) is 1.58. The highest BCUT2D eigenvalue weighted by Gasteiger charge is 2.11. The number of hydrogen-bond donors (Lipinski definition) is 3. The molecule has 5 nitrogen and oxygen atoms in total. The zero-order chi connectivity index (χ0) is 14.4. The number of aliphatic hydroxyl groups excluding tert-OH is 1. The fraction of sp³-hybridized carbons (Fsp3) is 0.462. The summed E-state index contributed by atoms with van der Waals surface area (Å²) in [6, 6.07) is 4.90. The van der Waals surface area contributed by atoms with E-state index in [1.54, 1.807) is 25.3 Å². The summed E-state index contributed by atoms with van der Waals surface area (Å²) < 4.78 is 5.80. The van der Waals surface area contributed by atoms with Gasteiger partial charge in [-0.15, -0.1) is 0 Å².